The number of sulfonamides is 1. The van der Waals surface area contributed by atoms with Crippen molar-refractivity contribution < 1.29 is 22.7 Å². The van der Waals surface area contributed by atoms with Crippen LogP contribution < -0.4 is 10.1 Å². The molecule has 0 unspecified atom stereocenters. The Kier molecular flexibility index (Phi) is 9.10. The fraction of sp³-hybridized carbons (Fsp3) is 0.500. The van der Waals surface area contributed by atoms with E-state index in [2.05, 4.69) is 50.4 Å². The molecule has 2 aromatic carbocycles. The number of rotatable bonds is 10. The highest BCUT2D eigenvalue weighted by Gasteiger charge is 2.30. The number of morpholine rings is 1. The predicted molar refractivity (Wildman–Crippen MR) is 132 cm³/mol. The van der Waals surface area contributed by atoms with Crippen LogP contribution in [0.15, 0.2) is 47.4 Å². The Labute approximate surface area is 203 Å². The number of aryl methyl sites for hydroxylation is 1. The largest absolute Gasteiger partial charge is 0.495 e. The van der Waals surface area contributed by atoms with Crippen LogP contribution in [0, 0.1) is 5.92 Å². The standard InChI is InChI=1S/C26H36N2O5S/c1-5-6-20-7-10-22(11-8-20)26(19(2)3)27-25(29)18-21-9-12-23(32-4)24(17-21)34(30,31)28-13-15-33-16-14-28/h7-12,17,19,26H,5-6,13-16,18H2,1-4H3,(H,27,29)/t26-/m0/s1. The van der Waals surface area contributed by atoms with Gasteiger partial charge in [-0.3, -0.25) is 4.79 Å². The van der Waals surface area contributed by atoms with Gasteiger partial charge in [-0.05, 0) is 41.2 Å². The molecule has 0 bridgehead atoms. The number of nitrogens with zero attached hydrogens (tertiary/aromatic N) is 1. The summed E-state index contributed by atoms with van der Waals surface area (Å²) in [7, 11) is -2.31. The van der Waals surface area contributed by atoms with Gasteiger partial charge in [-0.15, -0.1) is 0 Å². The van der Waals surface area contributed by atoms with Crippen molar-refractivity contribution in [2.45, 2.75) is 51.0 Å². The molecule has 0 radical (unpaired) electrons. The van der Waals surface area contributed by atoms with Crippen LogP contribution in [0.1, 0.15) is 49.9 Å². The molecule has 34 heavy (non-hydrogen) atoms. The van der Waals surface area contributed by atoms with E-state index in [0.717, 1.165) is 18.4 Å². The fourth-order valence-electron chi connectivity index (χ4n) is 4.18. The third-order valence-electron chi connectivity index (χ3n) is 6.04. The highest BCUT2D eigenvalue weighted by atomic mass is 32.2. The molecule has 1 aliphatic heterocycles. The van der Waals surface area contributed by atoms with Crippen molar-refractivity contribution in [3.63, 3.8) is 0 Å². The van der Waals surface area contributed by atoms with Gasteiger partial charge in [0.1, 0.15) is 10.6 Å². The number of nitrogens with one attached hydrogen (secondary N) is 1. The van der Waals surface area contributed by atoms with E-state index in [9.17, 15) is 13.2 Å². The lowest BCUT2D eigenvalue weighted by Crippen LogP contribution is -2.40. The number of carbonyl (C=O) groups excluding carboxylic acids is 1. The van der Waals surface area contributed by atoms with Gasteiger partial charge in [0.25, 0.3) is 0 Å². The predicted octanol–water partition coefficient (Wildman–Crippen LogP) is 3.72. The van der Waals surface area contributed by atoms with Gasteiger partial charge in [0.05, 0.1) is 32.8 Å². The maximum atomic E-state index is 13.2. The van der Waals surface area contributed by atoms with E-state index in [-0.39, 0.29) is 34.9 Å². The first-order valence-corrected chi connectivity index (χ1v) is 13.3. The Bertz CT molecular complexity index is 1060. The fourth-order valence-corrected chi connectivity index (χ4v) is 5.80. The quantitative estimate of drug-likeness (QED) is 0.551. The van der Waals surface area contributed by atoms with Gasteiger partial charge in [-0.1, -0.05) is 57.5 Å². The van der Waals surface area contributed by atoms with E-state index in [4.69, 9.17) is 9.47 Å². The second kappa shape index (κ2) is 11.8. The molecule has 0 saturated carbocycles. The van der Waals surface area contributed by atoms with Crippen molar-refractivity contribution in [3.8, 4) is 5.75 Å². The molecular formula is C26H36N2O5S. The number of carbonyl (C=O) groups is 1. The molecule has 1 amide bonds. The Hall–Kier alpha value is -2.42. The second-order valence-electron chi connectivity index (χ2n) is 8.96. The zero-order valence-electron chi connectivity index (χ0n) is 20.5. The average molecular weight is 489 g/mol. The third kappa shape index (κ3) is 6.37. The summed E-state index contributed by atoms with van der Waals surface area (Å²) in [6, 6.07) is 13.2. The van der Waals surface area contributed by atoms with Crippen LogP contribution in [0.25, 0.3) is 0 Å². The van der Waals surface area contributed by atoms with Gasteiger partial charge < -0.3 is 14.8 Å². The molecule has 2 aromatic rings. The number of hydrogen-bond donors (Lipinski definition) is 1. The summed E-state index contributed by atoms with van der Waals surface area (Å²) in [5.41, 5.74) is 2.96. The number of hydrogen-bond acceptors (Lipinski definition) is 5. The number of benzene rings is 2. The second-order valence-corrected chi connectivity index (χ2v) is 10.9. The topological polar surface area (TPSA) is 84.9 Å². The van der Waals surface area contributed by atoms with Gasteiger partial charge in [-0.25, -0.2) is 8.42 Å². The number of amides is 1. The minimum atomic E-state index is -3.75. The summed E-state index contributed by atoms with van der Waals surface area (Å²) >= 11 is 0. The van der Waals surface area contributed by atoms with Crippen LogP contribution in [0.4, 0.5) is 0 Å². The first-order chi connectivity index (χ1) is 16.3. The third-order valence-corrected chi connectivity index (χ3v) is 7.96. The molecule has 0 spiro atoms. The number of methoxy groups -OCH3 is 1. The smallest absolute Gasteiger partial charge is 0.246 e. The molecule has 186 valence electrons. The summed E-state index contributed by atoms with van der Waals surface area (Å²) < 4.78 is 38.4. The normalized spacial score (nSPS) is 15.8. The van der Waals surface area contributed by atoms with Crippen molar-refractivity contribution in [3.05, 3.63) is 59.2 Å². The molecule has 1 atom stereocenters. The molecule has 8 heteroatoms. The van der Waals surface area contributed by atoms with Crippen LogP contribution >= 0.6 is 0 Å². The van der Waals surface area contributed by atoms with Gasteiger partial charge >= 0.3 is 0 Å². The molecule has 1 heterocycles. The Morgan fingerprint density at radius 2 is 1.74 bits per heavy atom. The number of ether oxygens (including phenoxy) is 2. The van der Waals surface area contributed by atoms with E-state index in [1.54, 1.807) is 18.2 Å². The van der Waals surface area contributed by atoms with E-state index in [1.807, 2.05) is 0 Å². The van der Waals surface area contributed by atoms with Crippen LogP contribution in [0.2, 0.25) is 0 Å². The van der Waals surface area contributed by atoms with E-state index >= 15 is 0 Å². The van der Waals surface area contributed by atoms with E-state index in [1.165, 1.54) is 17.0 Å². The SMILES string of the molecule is CCCc1ccc([C@@H](NC(=O)Cc2ccc(OC)c(S(=O)(=O)N3CCOCC3)c2)C(C)C)cc1. The maximum Gasteiger partial charge on any atom is 0.246 e. The molecule has 0 aliphatic carbocycles. The molecule has 1 N–H and O–H groups in total. The molecule has 0 aromatic heterocycles. The summed E-state index contributed by atoms with van der Waals surface area (Å²) in [4.78, 5) is 13.0. The molecule has 1 fully saturated rings. The van der Waals surface area contributed by atoms with Crippen molar-refractivity contribution >= 4 is 15.9 Å². The lowest BCUT2D eigenvalue weighted by Gasteiger charge is -2.27. The molecule has 7 nitrogen and oxygen atoms in total. The Morgan fingerprint density at radius 1 is 1.09 bits per heavy atom. The van der Waals surface area contributed by atoms with Gasteiger partial charge in [-0.2, -0.15) is 4.31 Å². The average Bonchev–Trinajstić information content (AvgIpc) is 2.83. The van der Waals surface area contributed by atoms with Gasteiger partial charge in [0, 0.05) is 13.1 Å². The minimum absolute atomic E-state index is 0.0762. The van der Waals surface area contributed by atoms with Crippen molar-refractivity contribution in [2.75, 3.05) is 33.4 Å². The first kappa shape index (κ1) is 26.2. The van der Waals surface area contributed by atoms with Gasteiger partial charge in [0.2, 0.25) is 15.9 Å². The van der Waals surface area contributed by atoms with Crippen LogP contribution in [-0.2, 0) is 32.4 Å². The lowest BCUT2D eigenvalue weighted by molar-refractivity contribution is -0.121. The highest BCUT2D eigenvalue weighted by molar-refractivity contribution is 7.89. The van der Waals surface area contributed by atoms with Crippen molar-refractivity contribution in [1.82, 2.24) is 9.62 Å². The molecule has 1 saturated heterocycles. The molecule has 1 aliphatic rings. The molecular weight excluding hydrogens is 452 g/mol. The zero-order valence-corrected chi connectivity index (χ0v) is 21.4. The summed E-state index contributed by atoms with van der Waals surface area (Å²) in [5, 5.41) is 3.14. The van der Waals surface area contributed by atoms with E-state index in [0.29, 0.717) is 31.9 Å². The Morgan fingerprint density at radius 3 is 2.32 bits per heavy atom. The van der Waals surface area contributed by atoms with Crippen LogP contribution in [-0.4, -0.2) is 52.0 Å². The molecule has 3 rings (SSSR count). The van der Waals surface area contributed by atoms with Gasteiger partial charge in [0.15, 0.2) is 0 Å². The summed E-state index contributed by atoms with van der Waals surface area (Å²) in [6.45, 7) is 7.62. The highest BCUT2D eigenvalue weighted by Crippen LogP contribution is 2.29. The van der Waals surface area contributed by atoms with Crippen molar-refractivity contribution in [2.24, 2.45) is 5.92 Å². The maximum absolute atomic E-state index is 13.2. The van der Waals surface area contributed by atoms with Crippen molar-refractivity contribution in [1.29, 1.82) is 0 Å². The zero-order chi connectivity index (χ0) is 24.7. The minimum Gasteiger partial charge on any atom is -0.495 e. The van der Waals surface area contributed by atoms with Crippen LogP contribution in [0.5, 0.6) is 5.75 Å². The summed E-state index contributed by atoms with van der Waals surface area (Å²) in [6.07, 6.45) is 2.20. The Balaban J connectivity index is 1.77. The monoisotopic (exact) mass is 488 g/mol. The lowest BCUT2D eigenvalue weighted by atomic mass is 9.94. The van der Waals surface area contributed by atoms with Crippen LogP contribution in [0.3, 0.4) is 0 Å². The summed E-state index contributed by atoms with van der Waals surface area (Å²) in [5.74, 6) is 0.313. The van der Waals surface area contributed by atoms with E-state index < -0.39 is 10.0 Å². The first-order valence-electron chi connectivity index (χ1n) is 11.9.